The number of carbonyl (C=O) groups excluding carboxylic acids is 1. The van der Waals surface area contributed by atoms with Gasteiger partial charge in [-0.2, -0.15) is 0 Å². The predicted octanol–water partition coefficient (Wildman–Crippen LogP) is 3.70. The highest BCUT2D eigenvalue weighted by Gasteiger charge is 2.35. The van der Waals surface area contributed by atoms with Crippen LogP contribution in [0.3, 0.4) is 0 Å². The Morgan fingerprint density at radius 1 is 1.24 bits per heavy atom. The third-order valence-corrected chi connectivity index (χ3v) is 5.78. The van der Waals surface area contributed by atoms with Crippen molar-refractivity contribution in [2.24, 2.45) is 5.92 Å². The highest BCUT2D eigenvalue weighted by Crippen LogP contribution is 2.45. The standard InChI is InChI=1S/C19H26ClNO4/c1-11-14(19(22)23-4)9-15(20)18-17(11)25-16(10-24-18)12-5-7-13(8-6-12)21(2)3/h9,12-13,16H,5-8,10H2,1-4H3/t12?,13?,16-/m1/s1. The zero-order valence-electron chi connectivity index (χ0n) is 15.3. The van der Waals surface area contributed by atoms with Crippen LogP contribution in [0.5, 0.6) is 11.5 Å². The lowest BCUT2D eigenvalue weighted by Crippen LogP contribution is -2.41. The van der Waals surface area contributed by atoms with E-state index in [2.05, 4.69) is 19.0 Å². The Balaban J connectivity index is 1.79. The molecule has 1 heterocycles. The summed E-state index contributed by atoms with van der Waals surface area (Å²) in [5.74, 6) is 1.16. The molecule has 0 N–H and O–H groups in total. The Kier molecular flexibility index (Phi) is 5.44. The van der Waals surface area contributed by atoms with Crippen LogP contribution < -0.4 is 9.47 Å². The number of methoxy groups -OCH3 is 1. The molecule has 0 saturated heterocycles. The van der Waals surface area contributed by atoms with Crippen LogP contribution >= 0.6 is 11.6 Å². The molecule has 1 aromatic carbocycles. The molecule has 25 heavy (non-hydrogen) atoms. The van der Waals surface area contributed by atoms with Gasteiger partial charge >= 0.3 is 5.97 Å². The van der Waals surface area contributed by atoms with E-state index in [1.165, 1.54) is 20.0 Å². The van der Waals surface area contributed by atoms with E-state index in [0.717, 1.165) is 18.4 Å². The van der Waals surface area contributed by atoms with Gasteiger partial charge in [-0.05, 0) is 58.7 Å². The van der Waals surface area contributed by atoms with Crippen molar-refractivity contribution in [1.29, 1.82) is 0 Å². The lowest BCUT2D eigenvalue weighted by molar-refractivity contribution is 0.0237. The molecule has 138 valence electrons. The number of halogens is 1. The zero-order chi connectivity index (χ0) is 18.1. The first-order chi connectivity index (χ1) is 11.9. The summed E-state index contributed by atoms with van der Waals surface area (Å²) in [5, 5.41) is 0.385. The maximum Gasteiger partial charge on any atom is 0.338 e. The third kappa shape index (κ3) is 3.58. The molecule has 0 bridgehead atoms. The smallest absolute Gasteiger partial charge is 0.338 e. The van der Waals surface area contributed by atoms with Crippen molar-refractivity contribution >= 4 is 17.6 Å². The van der Waals surface area contributed by atoms with Gasteiger partial charge in [0.1, 0.15) is 12.7 Å². The average Bonchev–Trinajstić information content (AvgIpc) is 2.63. The van der Waals surface area contributed by atoms with Crippen LogP contribution in [0.25, 0.3) is 0 Å². The van der Waals surface area contributed by atoms with E-state index in [1.807, 2.05) is 6.92 Å². The molecule has 5 nitrogen and oxygen atoms in total. The first-order valence-electron chi connectivity index (χ1n) is 8.79. The van der Waals surface area contributed by atoms with Crippen molar-refractivity contribution in [2.75, 3.05) is 27.8 Å². The van der Waals surface area contributed by atoms with Crippen molar-refractivity contribution in [3.8, 4) is 11.5 Å². The summed E-state index contributed by atoms with van der Waals surface area (Å²) in [7, 11) is 5.64. The van der Waals surface area contributed by atoms with E-state index < -0.39 is 5.97 Å². The fraction of sp³-hybridized carbons (Fsp3) is 0.632. The molecule has 1 aliphatic carbocycles. The molecule has 2 aliphatic rings. The molecule has 0 radical (unpaired) electrons. The fourth-order valence-corrected chi connectivity index (χ4v) is 4.12. The number of carbonyl (C=O) groups is 1. The quantitative estimate of drug-likeness (QED) is 0.762. The fourth-order valence-electron chi connectivity index (χ4n) is 3.87. The summed E-state index contributed by atoms with van der Waals surface area (Å²) in [6.45, 7) is 2.34. The molecule has 1 fully saturated rings. The molecule has 1 atom stereocenters. The monoisotopic (exact) mass is 367 g/mol. The molecule has 1 saturated carbocycles. The van der Waals surface area contributed by atoms with Crippen LogP contribution in [-0.4, -0.2) is 50.8 Å². The highest BCUT2D eigenvalue weighted by molar-refractivity contribution is 6.32. The van der Waals surface area contributed by atoms with Gasteiger partial charge in [0.2, 0.25) is 0 Å². The number of ether oxygens (including phenoxy) is 3. The molecule has 0 aromatic heterocycles. The molecular formula is C19H26ClNO4. The van der Waals surface area contributed by atoms with Crippen LogP contribution in [0.15, 0.2) is 6.07 Å². The summed E-state index contributed by atoms with van der Waals surface area (Å²) < 4.78 is 17.0. The Labute approximate surface area is 154 Å². The Morgan fingerprint density at radius 3 is 2.52 bits per heavy atom. The van der Waals surface area contributed by atoms with E-state index >= 15 is 0 Å². The molecule has 0 unspecified atom stereocenters. The maximum atomic E-state index is 12.0. The van der Waals surface area contributed by atoms with Crippen LogP contribution in [-0.2, 0) is 4.74 Å². The molecular weight excluding hydrogens is 342 g/mol. The number of hydrogen-bond donors (Lipinski definition) is 0. The summed E-state index contributed by atoms with van der Waals surface area (Å²) in [4.78, 5) is 14.3. The second-order valence-corrected chi connectivity index (χ2v) is 7.59. The van der Waals surface area contributed by atoms with Gasteiger partial charge in [-0.3, -0.25) is 0 Å². The van der Waals surface area contributed by atoms with Gasteiger partial charge in [0.05, 0.1) is 17.7 Å². The molecule has 3 rings (SSSR count). The number of rotatable bonds is 3. The minimum absolute atomic E-state index is 0.00160. The SMILES string of the molecule is COC(=O)c1cc(Cl)c2c(c1C)O[C@@H](C1CCC(N(C)C)CC1)CO2. The van der Waals surface area contributed by atoms with Crippen molar-refractivity contribution in [3.63, 3.8) is 0 Å². The van der Waals surface area contributed by atoms with Gasteiger partial charge in [0.25, 0.3) is 0 Å². The summed E-state index contributed by atoms with van der Waals surface area (Å²) >= 11 is 6.29. The Hall–Kier alpha value is -1.46. The van der Waals surface area contributed by atoms with E-state index in [-0.39, 0.29) is 6.10 Å². The zero-order valence-corrected chi connectivity index (χ0v) is 16.1. The van der Waals surface area contributed by atoms with Crippen molar-refractivity contribution in [2.45, 2.75) is 44.8 Å². The highest BCUT2D eigenvalue weighted by atomic mass is 35.5. The van der Waals surface area contributed by atoms with Crippen LogP contribution in [0.1, 0.15) is 41.6 Å². The van der Waals surface area contributed by atoms with E-state index in [1.54, 1.807) is 6.07 Å². The topological polar surface area (TPSA) is 48.0 Å². The van der Waals surface area contributed by atoms with E-state index in [9.17, 15) is 4.79 Å². The van der Waals surface area contributed by atoms with Gasteiger partial charge in [0.15, 0.2) is 11.5 Å². The lowest BCUT2D eigenvalue weighted by atomic mass is 9.82. The van der Waals surface area contributed by atoms with Crippen molar-refractivity contribution in [1.82, 2.24) is 4.90 Å². The van der Waals surface area contributed by atoms with Gasteiger partial charge in [-0.25, -0.2) is 4.79 Å². The Morgan fingerprint density at radius 2 is 1.92 bits per heavy atom. The van der Waals surface area contributed by atoms with Gasteiger partial charge in [-0.1, -0.05) is 11.6 Å². The molecule has 0 amide bonds. The molecule has 6 heteroatoms. The summed E-state index contributed by atoms with van der Waals surface area (Å²) in [6, 6.07) is 2.24. The average molecular weight is 368 g/mol. The number of nitrogens with zero attached hydrogens (tertiary/aromatic N) is 1. The first kappa shape index (κ1) is 18.3. The number of esters is 1. The van der Waals surface area contributed by atoms with Gasteiger partial charge in [0, 0.05) is 11.6 Å². The number of benzene rings is 1. The molecule has 1 aromatic rings. The third-order valence-electron chi connectivity index (χ3n) is 5.50. The first-order valence-corrected chi connectivity index (χ1v) is 9.17. The maximum absolute atomic E-state index is 12.0. The summed E-state index contributed by atoms with van der Waals surface area (Å²) in [5.41, 5.74) is 1.14. The minimum Gasteiger partial charge on any atom is -0.484 e. The van der Waals surface area contributed by atoms with Crippen LogP contribution in [0, 0.1) is 12.8 Å². The van der Waals surface area contributed by atoms with Crippen LogP contribution in [0.2, 0.25) is 5.02 Å². The number of fused-ring (bicyclic) bond motifs is 1. The second kappa shape index (κ2) is 7.42. The number of hydrogen-bond acceptors (Lipinski definition) is 5. The molecule has 0 spiro atoms. The predicted molar refractivity (Wildman–Crippen MR) is 96.9 cm³/mol. The van der Waals surface area contributed by atoms with Gasteiger partial charge in [-0.15, -0.1) is 0 Å². The van der Waals surface area contributed by atoms with Crippen molar-refractivity contribution in [3.05, 3.63) is 22.2 Å². The Bertz CT molecular complexity index is 653. The van der Waals surface area contributed by atoms with Crippen molar-refractivity contribution < 1.29 is 19.0 Å². The van der Waals surface area contributed by atoms with Gasteiger partial charge < -0.3 is 19.1 Å². The van der Waals surface area contributed by atoms with Crippen LogP contribution in [0.4, 0.5) is 0 Å². The minimum atomic E-state index is -0.417. The molecule has 1 aliphatic heterocycles. The van der Waals surface area contributed by atoms with E-state index in [4.69, 9.17) is 25.8 Å². The normalized spacial score (nSPS) is 25.8. The largest absolute Gasteiger partial charge is 0.484 e. The van der Waals surface area contributed by atoms with E-state index in [0.29, 0.717) is 40.7 Å². The second-order valence-electron chi connectivity index (χ2n) is 7.18. The summed E-state index contributed by atoms with van der Waals surface area (Å²) in [6.07, 6.45) is 4.59. The lowest BCUT2D eigenvalue weighted by Gasteiger charge is -2.38.